The molecule has 0 aliphatic carbocycles. The number of carbonyl (C=O) groups excluding carboxylic acids is 1. The lowest BCUT2D eigenvalue weighted by Crippen LogP contribution is -2.14. The maximum Gasteiger partial charge on any atom is 0.273 e. The maximum absolute atomic E-state index is 11.9. The van der Waals surface area contributed by atoms with Crippen LogP contribution < -0.4 is 5.32 Å². The standard InChI is InChI=1S/C11H8BrCl2N3O/c1-5-7(13)3-8(14)10(16-5)17-11(18)9-2-6(12)4-15-9/h2-4,15H,1H3,(H,16,17,18). The highest BCUT2D eigenvalue weighted by Gasteiger charge is 2.12. The molecule has 2 aromatic rings. The van der Waals surface area contributed by atoms with E-state index in [1.54, 1.807) is 25.3 Å². The minimum atomic E-state index is -0.322. The number of nitrogens with one attached hydrogen (secondary N) is 2. The summed E-state index contributed by atoms with van der Waals surface area (Å²) in [5, 5.41) is 3.37. The number of rotatable bonds is 2. The molecule has 0 aliphatic heterocycles. The van der Waals surface area contributed by atoms with E-state index >= 15 is 0 Å². The summed E-state index contributed by atoms with van der Waals surface area (Å²) in [6.45, 7) is 1.74. The van der Waals surface area contributed by atoms with Crippen LogP contribution in [0, 0.1) is 6.92 Å². The van der Waals surface area contributed by atoms with Crippen LogP contribution in [0.2, 0.25) is 10.0 Å². The number of halogens is 3. The molecule has 0 saturated carbocycles. The Kier molecular flexibility index (Phi) is 3.94. The molecule has 0 atom stereocenters. The monoisotopic (exact) mass is 347 g/mol. The largest absolute Gasteiger partial charge is 0.356 e. The highest BCUT2D eigenvalue weighted by atomic mass is 79.9. The number of aryl methyl sites for hydroxylation is 1. The van der Waals surface area contributed by atoms with E-state index in [0.717, 1.165) is 4.47 Å². The summed E-state index contributed by atoms with van der Waals surface area (Å²) < 4.78 is 0.791. The van der Waals surface area contributed by atoms with Gasteiger partial charge in [-0.25, -0.2) is 4.98 Å². The zero-order valence-electron chi connectivity index (χ0n) is 9.22. The van der Waals surface area contributed by atoms with Crippen molar-refractivity contribution in [3.05, 3.63) is 44.2 Å². The zero-order chi connectivity index (χ0) is 13.3. The van der Waals surface area contributed by atoms with E-state index in [4.69, 9.17) is 23.2 Å². The van der Waals surface area contributed by atoms with Gasteiger partial charge < -0.3 is 10.3 Å². The van der Waals surface area contributed by atoms with Crippen LogP contribution >= 0.6 is 39.1 Å². The average molecular weight is 349 g/mol. The van der Waals surface area contributed by atoms with Crippen LogP contribution in [-0.2, 0) is 0 Å². The molecule has 2 rings (SSSR count). The van der Waals surface area contributed by atoms with Crippen LogP contribution in [0.5, 0.6) is 0 Å². The second kappa shape index (κ2) is 5.30. The lowest BCUT2D eigenvalue weighted by Gasteiger charge is -2.07. The van der Waals surface area contributed by atoms with Crippen molar-refractivity contribution in [3.63, 3.8) is 0 Å². The summed E-state index contributed by atoms with van der Waals surface area (Å²) in [7, 11) is 0. The number of hydrogen-bond acceptors (Lipinski definition) is 2. The molecule has 94 valence electrons. The summed E-state index contributed by atoms with van der Waals surface area (Å²) in [4.78, 5) is 18.8. The van der Waals surface area contributed by atoms with Crippen LogP contribution in [0.3, 0.4) is 0 Å². The Morgan fingerprint density at radius 1 is 1.39 bits per heavy atom. The minimum absolute atomic E-state index is 0.286. The summed E-state index contributed by atoms with van der Waals surface area (Å²) >= 11 is 15.1. The van der Waals surface area contributed by atoms with Crippen LogP contribution in [0.4, 0.5) is 5.82 Å². The highest BCUT2D eigenvalue weighted by Crippen LogP contribution is 2.26. The Balaban J connectivity index is 2.24. The highest BCUT2D eigenvalue weighted by molar-refractivity contribution is 9.10. The molecule has 0 fully saturated rings. The first kappa shape index (κ1) is 13.4. The van der Waals surface area contributed by atoms with Gasteiger partial charge in [0.05, 0.1) is 15.7 Å². The van der Waals surface area contributed by atoms with Crippen molar-refractivity contribution in [1.82, 2.24) is 9.97 Å². The lowest BCUT2D eigenvalue weighted by atomic mass is 10.3. The molecular formula is C11H8BrCl2N3O. The van der Waals surface area contributed by atoms with Crippen molar-refractivity contribution in [2.75, 3.05) is 5.32 Å². The Bertz CT molecular complexity index is 612. The number of aromatic nitrogens is 2. The predicted octanol–water partition coefficient (Wildman–Crippen LogP) is 4.04. The van der Waals surface area contributed by atoms with Crippen molar-refractivity contribution in [3.8, 4) is 0 Å². The van der Waals surface area contributed by atoms with Gasteiger partial charge in [0.2, 0.25) is 0 Å². The molecule has 4 nitrogen and oxygen atoms in total. The summed E-state index contributed by atoms with van der Waals surface area (Å²) in [5.74, 6) is -0.0360. The molecule has 0 saturated heterocycles. The summed E-state index contributed by atoms with van der Waals surface area (Å²) in [6.07, 6.45) is 1.66. The molecule has 2 N–H and O–H groups in total. The Labute approximate surface area is 122 Å². The van der Waals surface area contributed by atoms with Crippen LogP contribution in [0.15, 0.2) is 22.8 Å². The molecule has 18 heavy (non-hydrogen) atoms. The van der Waals surface area contributed by atoms with Gasteiger partial charge in [-0.3, -0.25) is 4.79 Å². The smallest absolute Gasteiger partial charge is 0.273 e. The number of hydrogen-bond donors (Lipinski definition) is 2. The second-order valence-electron chi connectivity index (χ2n) is 3.57. The Hall–Kier alpha value is -1.04. The van der Waals surface area contributed by atoms with E-state index in [2.05, 4.69) is 31.2 Å². The minimum Gasteiger partial charge on any atom is -0.356 e. The van der Waals surface area contributed by atoms with Gasteiger partial charge >= 0.3 is 0 Å². The zero-order valence-corrected chi connectivity index (χ0v) is 12.3. The quantitative estimate of drug-likeness (QED) is 0.860. The van der Waals surface area contributed by atoms with Gasteiger partial charge in [0.25, 0.3) is 5.91 Å². The molecule has 0 aromatic carbocycles. The molecule has 2 heterocycles. The molecule has 7 heteroatoms. The van der Waals surface area contributed by atoms with Crippen molar-refractivity contribution >= 4 is 50.9 Å². The molecule has 0 unspecified atom stereocenters. The van der Waals surface area contributed by atoms with E-state index < -0.39 is 0 Å². The van der Waals surface area contributed by atoms with Gasteiger partial charge in [0, 0.05) is 10.7 Å². The first-order chi connectivity index (χ1) is 8.47. The third kappa shape index (κ3) is 2.85. The number of H-pyrrole nitrogens is 1. The molecule has 0 bridgehead atoms. The van der Waals surface area contributed by atoms with E-state index in [1.165, 1.54) is 0 Å². The number of carbonyl (C=O) groups is 1. The molecule has 0 radical (unpaired) electrons. The third-order valence-corrected chi connectivity index (χ3v) is 3.36. The number of nitrogens with zero attached hydrogens (tertiary/aromatic N) is 1. The van der Waals surface area contributed by atoms with Crippen LogP contribution in [0.1, 0.15) is 16.2 Å². The van der Waals surface area contributed by atoms with E-state index in [9.17, 15) is 4.79 Å². The van der Waals surface area contributed by atoms with Crippen LogP contribution in [0.25, 0.3) is 0 Å². The van der Waals surface area contributed by atoms with E-state index in [1.807, 2.05) is 0 Å². The van der Waals surface area contributed by atoms with Crippen molar-refractivity contribution < 1.29 is 4.79 Å². The number of pyridine rings is 1. The second-order valence-corrected chi connectivity index (χ2v) is 5.30. The predicted molar refractivity (Wildman–Crippen MR) is 75.4 cm³/mol. The summed E-state index contributed by atoms with van der Waals surface area (Å²) in [6, 6.07) is 3.21. The van der Waals surface area contributed by atoms with E-state index in [0.29, 0.717) is 21.4 Å². The maximum atomic E-state index is 11.9. The molecule has 2 aromatic heterocycles. The Morgan fingerprint density at radius 2 is 2.11 bits per heavy atom. The molecule has 1 amide bonds. The number of anilines is 1. The fourth-order valence-electron chi connectivity index (χ4n) is 1.32. The number of aromatic amines is 1. The Morgan fingerprint density at radius 3 is 2.72 bits per heavy atom. The van der Waals surface area contributed by atoms with Gasteiger partial charge in [-0.2, -0.15) is 0 Å². The van der Waals surface area contributed by atoms with Gasteiger partial charge in [-0.15, -0.1) is 0 Å². The van der Waals surface area contributed by atoms with Crippen molar-refractivity contribution in [2.24, 2.45) is 0 Å². The van der Waals surface area contributed by atoms with E-state index in [-0.39, 0.29) is 11.7 Å². The molecule has 0 spiro atoms. The SMILES string of the molecule is Cc1nc(NC(=O)c2cc(Br)c[nH]2)c(Cl)cc1Cl. The fourth-order valence-corrected chi connectivity index (χ4v) is 2.07. The average Bonchev–Trinajstić information content (AvgIpc) is 2.73. The normalized spacial score (nSPS) is 10.4. The lowest BCUT2D eigenvalue weighted by molar-refractivity contribution is 0.102. The van der Waals surface area contributed by atoms with Crippen molar-refractivity contribution in [2.45, 2.75) is 6.92 Å². The first-order valence-electron chi connectivity index (χ1n) is 4.95. The van der Waals surface area contributed by atoms with Crippen molar-refractivity contribution in [1.29, 1.82) is 0 Å². The topological polar surface area (TPSA) is 57.8 Å². The first-order valence-corrected chi connectivity index (χ1v) is 6.50. The number of amides is 1. The van der Waals surface area contributed by atoms with Gasteiger partial charge in [0.15, 0.2) is 5.82 Å². The molecular weight excluding hydrogens is 341 g/mol. The van der Waals surface area contributed by atoms with Gasteiger partial charge in [-0.1, -0.05) is 23.2 Å². The van der Waals surface area contributed by atoms with Gasteiger partial charge in [-0.05, 0) is 35.0 Å². The third-order valence-electron chi connectivity index (χ3n) is 2.23. The van der Waals surface area contributed by atoms with Crippen LogP contribution in [-0.4, -0.2) is 15.9 Å². The fraction of sp³-hybridized carbons (Fsp3) is 0.0909. The summed E-state index contributed by atoms with van der Waals surface area (Å²) in [5.41, 5.74) is 1.01. The van der Waals surface area contributed by atoms with Gasteiger partial charge in [0.1, 0.15) is 5.69 Å². The molecule has 0 aliphatic rings.